The standard InChI is InChI=1S/C13H28N2O3/c1-11(2)8-12(10-14)9-13(17)15-4-3-6-18-7-5-16/h11-12,16H,3-10,14H2,1-2H3,(H,15,17). The molecule has 18 heavy (non-hydrogen) atoms. The lowest BCUT2D eigenvalue weighted by atomic mass is 9.94. The zero-order valence-electron chi connectivity index (χ0n) is 11.7. The summed E-state index contributed by atoms with van der Waals surface area (Å²) in [6.07, 6.45) is 2.26. The molecule has 0 heterocycles. The summed E-state index contributed by atoms with van der Waals surface area (Å²) in [5, 5.41) is 11.4. The predicted octanol–water partition coefficient (Wildman–Crippen LogP) is 0.513. The Labute approximate surface area is 110 Å². The van der Waals surface area contributed by atoms with Crippen LogP contribution in [-0.2, 0) is 9.53 Å². The maximum absolute atomic E-state index is 11.6. The Morgan fingerprint density at radius 1 is 1.39 bits per heavy atom. The average Bonchev–Trinajstić information content (AvgIpc) is 2.32. The van der Waals surface area contributed by atoms with E-state index >= 15 is 0 Å². The van der Waals surface area contributed by atoms with Gasteiger partial charge in [-0.05, 0) is 31.2 Å². The molecule has 0 aliphatic carbocycles. The number of ether oxygens (including phenoxy) is 1. The third-order valence-electron chi connectivity index (χ3n) is 2.64. The molecule has 0 rings (SSSR count). The van der Waals surface area contributed by atoms with E-state index in [0.717, 1.165) is 12.8 Å². The minimum atomic E-state index is 0.0414. The number of nitrogens with one attached hydrogen (secondary N) is 1. The van der Waals surface area contributed by atoms with Crippen LogP contribution in [0.25, 0.3) is 0 Å². The molecule has 0 aliphatic rings. The van der Waals surface area contributed by atoms with Gasteiger partial charge in [-0.1, -0.05) is 13.8 Å². The smallest absolute Gasteiger partial charge is 0.220 e. The zero-order chi connectivity index (χ0) is 13.8. The number of hydrogen-bond donors (Lipinski definition) is 3. The van der Waals surface area contributed by atoms with Gasteiger partial charge in [-0.3, -0.25) is 4.79 Å². The van der Waals surface area contributed by atoms with Crippen molar-refractivity contribution in [2.45, 2.75) is 33.1 Å². The number of carbonyl (C=O) groups excluding carboxylic acids is 1. The van der Waals surface area contributed by atoms with Crippen molar-refractivity contribution in [1.29, 1.82) is 0 Å². The highest BCUT2D eigenvalue weighted by Gasteiger charge is 2.13. The Balaban J connectivity index is 3.56. The van der Waals surface area contributed by atoms with Crippen LogP contribution in [0.3, 0.4) is 0 Å². The molecule has 0 radical (unpaired) electrons. The summed E-state index contributed by atoms with van der Waals surface area (Å²) in [7, 11) is 0. The van der Waals surface area contributed by atoms with E-state index in [2.05, 4.69) is 19.2 Å². The van der Waals surface area contributed by atoms with Gasteiger partial charge in [-0.25, -0.2) is 0 Å². The highest BCUT2D eigenvalue weighted by Crippen LogP contribution is 2.13. The van der Waals surface area contributed by atoms with Gasteiger partial charge in [0.25, 0.3) is 0 Å². The van der Waals surface area contributed by atoms with Crippen LogP contribution in [0.1, 0.15) is 33.1 Å². The lowest BCUT2D eigenvalue weighted by Crippen LogP contribution is -2.30. The first-order valence-corrected chi connectivity index (χ1v) is 6.75. The Bertz CT molecular complexity index is 210. The largest absolute Gasteiger partial charge is 0.394 e. The molecule has 0 fully saturated rings. The fourth-order valence-electron chi connectivity index (χ4n) is 1.83. The Hall–Kier alpha value is -0.650. The lowest BCUT2D eigenvalue weighted by molar-refractivity contribution is -0.122. The number of amides is 1. The third kappa shape index (κ3) is 10.5. The van der Waals surface area contributed by atoms with Gasteiger partial charge in [-0.2, -0.15) is 0 Å². The molecule has 0 saturated carbocycles. The summed E-state index contributed by atoms with van der Waals surface area (Å²) in [5.41, 5.74) is 5.66. The summed E-state index contributed by atoms with van der Waals surface area (Å²) in [5.74, 6) is 0.905. The molecule has 0 bridgehead atoms. The quantitative estimate of drug-likeness (QED) is 0.473. The number of rotatable bonds is 11. The molecule has 0 aromatic heterocycles. The molecule has 1 unspecified atom stereocenters. The molecule has 108 valence electrons. The molecule has 0 aromatic carbocycles. The van der Waals surface area contributed by atoms with E-state index in [-0.39, 0.29) is 18.4 Å². The monoisotopic (exact) mass is 260 g/mol. The van der Waals surface area contributed by atoms with E-state index < -0.39 is 0 Å². The van der Waals surface area contributed by atoms with Crippen molar-refractivity contribution in [2.75, 3.05) is 32.9 Å². The van der Waals surface area contributed by atoms with Crippen LogP contribution >= 0.6 is 0 Å². The Morgan fingerprint density at radius 3 is 2.67 bits per heavy atom. The highest BCUT2D eigenvalue weighted by atomic mass is 16.5. The van der Waals surface area contributed by atoms with Crippen LogP contribution in [0, 0.1) is 11.8 Å². The van der Waals surface area contributed by atoms with E-state index in [9.17, 15) is 4.79 Å². The molecule has 5 nitrogen and oxygen atoms in total. The molecule has 5 heteroatoms. The van der Waals surface area contributed by atoms with Gasteiger partial charge in [0, 0.05) is 19.6 Å². The Kier molecular flexibility index (Phi) is 11.0. The molecular weight excluding hydrogens is 232 g/mol. The van der Waals surface area contributed by atoms with Crippen molar-refractivity contribution in [1.82, 2.24) is 5.32 Å². The summed E-state index contributed by atoms with van der Waals surface area (Å²) in [6.45, 7) is 6.41. The van der Waals surface area contributed by atoms with Crippen molar-refractivity contribution in [3.05, 3.63) is 0 Å². The maximum atomic E-state index is 11.6. The van der Waals surface area contributed by atoms with Crippen LogP contribution in [0.2, 0.25) is 0 Å². The van der Waals surface area contributed by atoms with Gasteiger partial charge in [0.05, 0.1) is 13.2 Å². The highest BCUT2D eigenvalue weighted by molar-refractivity contribution is 5.76. The molecule has 1 atom stereocenters. The topological polar surface area (TPSA) is 84.6 Å². The first kappa shape index (κ1) is 17.4. The summed E-state index contributed by atoms with van der Waals surface area (Å²) >= 11 is 0. The normalized spacial score (nSPS) is 12.7. The number of aliphatic hydroxyl groups is 1. The van der Waals surface area contributed by atoms with Crippen molar-refractivity contribution >= 4 is 5.91 Å². The van der Waals surface area contributed by atoms with Crippen LogP contribution in [0.4, 0.5) is 0 Å². The molecule has 0 saturated heterocycles. The van der Waals surface area contributed by atoms with Crippen LogP contribution in [0.15, 0.2) is 0 Å². The van der Waals surface area contributed by atoms with Gasteiger partial charge >= 0.3 is 0 Å². The Morgan fingerprint density at radius 2 is 2.11 bits per heavy atom. The van der Waals surface area contributed by atoms with Gasteiger partial charge in [0.15, 0.2) is 0 Å². The van der Waals surface area contributed by atoms with Gasteiger partial charge < -0.3 is 20.9 Å². The number of hydrogen-bond acceptors (Lipinski definition) is 4. The molecule has 4 N–H and O–H groups in total. The van der Waals surface area contributed by atoms with Crippen molar-refractivity contribution in [3.63, 3.8) is 0 Å². The number of aliphatic hydroxyl groups excluding tert-OH is 1. The van der Waals surface area contributed by atoms with Crippen molar-refractivity contribution < 1.29 is 14.6 Å². The van der Waals surface area contributed by atoms with Crippen LogP contribution < -0.4 is 11.1 Å². The van der Waals surface area contributed by atoms with E-state index in [1.807, 2.05) is 0 Å². The van der Waals surface area contributed by atoms with E-state index in [1.165, 1.54) is 0 Å². The van der Waals surface area contributed by atoms with Gasteiger partial charge in [0.2, 0.25) is 5.91 Å². The summed E-state index contributed by atoms with van der Waals surface area (Å²) < 4.78 is 5.10. The predicted molar refractivity (Wildman–Crippen MR) is 72.1 cm³/mol. The zero-order valence-corrected chi connectivity index (χ0v) is 11.7. The van der Waals surface area contributed by atoms with Crippen LogP contribution in [0.5, 0.6) is 0 Å². The van der Waals surface area contributed by atoms with E-state index in [4.69, 9.17) is 15.6 Å². The van der Waals surface area contributed by atoms with Crippen molar-refractivity contribution in [3.8, 4) is 0 Å². The lowest BCUT2D eigenvalue weighted by Gasteiger charge is -2.16. The van der Waals surface area contributed by atoms with E-state index in [1.54, 1.807) is 0 Å². The summed E-state index contributed by atoms with van der Waals surface area (Å²) in [6, 6.07) is 0. The van der Waals surface area contributed by atoms with Crippen LogP contribution in [-0.4, -0.2) is 43.9 Å². The minimum absolute atomic E-state index is 0.0414. The first-order chi connectivity index (χ1) is 8.60. The number of nitrogens with two attached hydrogens (primary N) is 1. The SMILES string of the molecule is CC(C)CC(CN)CC(=O)NCCCOCCO. The van der Waals surface area contributed by atoms with Crippen molar-refractivity contribution in [2.24, 2.45) is 17.6 Å². The molecule has 0 aromatic rings. The second-order valence-electron chi connectivity index (χ2n) is 4.97. The number of carbonyl (C=O) groups is 1. The second kappa shape index (κ2) is 11.4. The second-order valence-corrected chi connectivity index (χ2v) is 4.97. The maximum Gasteiger partial charge on any atom is 0.220 e. The fraction of sp³-hybridized carbons (Fsp3) is 0.923. The van der Waals surface area contributed by atoms with E-state index in [0.29, 0.717) is 38.6 Å². The average molecular weight is 260 g/mol. The summed E-state index contributed by atoms with van der Waals surface area (Å²) in [4.78, 5) is 11.6. The third-order valence-corrected chi connectivity index (χ3v) is 2.64. The minimum Gasteiger partial charge on any atom is -0.394 e. The molecular formula is C13H28N2O3. The molecule has 0 spiro atoms. The molecule has 0 aliphatic heterocycles. The van der Waals surface area contributed by atoms with Gasteiger partial charge in [0.1, 0.15) is 0 Å². The molecule has 1 amide bonds. The first-order valence-electron chi connectivity index (χ1n) is 6.75. The van der Waals surface area contributed by atoms with Gasteiger partial charge in [-0.15, -0.1) is 0 Å². The fourth-order valence-corrected chi connectivity index (χ4v) is 1.83.